The number of nitrogens with two attached hydrogens (primary N) is 1. The molecule has 2 aliphatic heterocycles. The van der Waals surface area contributed by atoms with Crippen molar-refractivity contribution in [1.82, 2.24) is 14.8 Å². The number of aromatic nitrogens is 1. The number of hydrogen-bond acceptors (Lipinski definition) is 5. The second kappa shape index (κ2) is 13.5. The van der Waals surface area contributed by atoms with Crippen molar-refractivity contribution in [1.29, 1.82) is 0 Å². The van der Waals surface area contributed by atoms with Gasteiger partial charge < -0.3 is 10.6 Å². The van der Waals surface area contributed by atoms with Gasteiger partial charge in [0.2, 0.25) is 5.91 Å². The average molecular weight is 631 g/mol. The van der Waals surface area contributed by atoms with E-state index in [-0.39, 0.29) is 0 Å². The Morgan fingerprint density at radius 2 is 1.75 bits per heavy atom. The van der Waals surface area contributed by atoms with Crippen LogP contribution in [0.3, 0.4) is 0 Å². The van der Waals surface area contributed by atoms with Gasteiger partial charge in [0.05, 0.1) is 10.0 Å². The van der Waals surface area contributed by atoms with E-state index >= 15 is 0 Å². The highest BCUT2D eigenvalue weighted by atomic mass is 79.9. The number of hydrogen-bond donors (Lipinski definition) is 1. The van der Waals surface area contributed by atoms with Crippen molar-refractivity contribution in [2.75, 3.05) is 44.2 Å². The number of likely N-dealkylation sites (tertiary alicyclic amines) is 1. The van der Waals surface area contributed by atoms with Crippen molar-refractivity contribution in [3.63, 3.8) is 0 Å². The number of carbonyl (C=O) groups is 1. The van der Waals surface area contributed by atoms with E-state index in [2.05, 4.69) is 61.6 Å². The van der Waals surface area contributed by atoms with Gasteiger partial charge in [0.1, 0.15) is 5.82 Å². The minimum atomic E-state index is -0.457. The first kappa shape index (κ1) is 29.8. The van der Waals surface area contributed by atoms with Crippen molar-refractivity contribution in [3.8, 4) is 0 Å². The van der Waals surface area contributed by atoms with Gasteiger partial charge in [-0.1, -0.05) is 44.0 Å². The molecule has 3 heterocycles. The predicted molar refractivity (Wildman–Crippen MR) is 168 cm³/mol. The van der Waals surface area contributed by atoms with Gasteiger partial charge in [-0.3, -0.25) is 14.6 Å². The van der Waals surface area contributed by atoms with Crippen LogP contribution in [-0.4, -0.2) is 66.0 Å². The highest BCUT2D eigenvalue weighted by molar-refractivity contribution is 9.10. The number of pyridine rings is 1. The summed E-state index contributed by atoms with van der Waals surface area (Å²) in [4.78, 5) is 23.2. The van der Waals surface area contributed by atoms with Crippen molar-refractivity contribution in [3.05, 3.63) is 57.2 Å². The Balaban J connectivity index is 0.000000269. The number of carbonyl (C=O) groups excluding carboxylic acids is 1. The fraction of sp³-hybridized carbons (Fsp3) is 0.625. The molecule has 4 unspecified atom stereocenters. The summed E-state index contributed by atoms with van der Waals surface area (Å²) in [5.74, 6) is 4.87. The normalized spacial score (nSPS) is 27.4. The number of anilines is 1. The van der Waals surface area contributed by atoms with Gasteiger partial charge in [0.15, 0.2) is 0 Å². The molecule has 0 spiro atoms. The van der Waals surface area contributed by atoms with E-state index in [0.717, 1.165) is 84.8 Å². The molecule has 1 amide bonds. The molecule has 7 rings (SSSR count). The molecule has 2 N–H and O–H groups in total. The van der Waals surface area contributed by atoms with Gasteiger partial charge in [0, 0.05) is 50.0 Å². The number of rotatable bonds is 6. The molecule has 1 aromatic heterocycles. The smallest absolute Gasteiger partial charge is 0.250 e. The lowest BCUT2D eigenvalue weighted by Gasteiger charge is -2.52. The van der Waals surface area contributed by atoms with Crippen LogP contribution in [0.1, 0.15) is 68.3 Å². The highest BCUT2D eigenvalue weighted by Crippen LogP contribution is 2.54. The Bertz CT molecular complexity index is 1130. The van der Waals surface area contributed by atoms with E-state index in [9.17, 15) is 4.79 Å². The minimum absolute atomic E-state index is 0.426. The average Bonchev–Trinajstić information content (AvgIpc) is 2.98. The summed E-state index contributed by atoms with van der Waals surface area (Å²) in [6, 6.07) is 10.6. The number of primary amides is 1. The topological polar surface area (TPSA) is 65.7 Å². The SMILES string of the molecule is CCC1CCC2CC1C2C.NC(=O)c1cnc(N2CCN(C3CCN(Cc4ccc(Cl)cc4)CC3)CC2)c(Br)c1. The van der Waals surface area contributed by atoms with Crippen LogP contribution in [0.5, 0.6) is 0 Å². The molecule has 4 atom stereocenters. The first-order chi connectivity index (χ1) is 19.3. The van der Waals surface area contributed by atoms with Crippen molar-refractivity contribution in [2.45, 2.75) is 65.0 Å². The molecule has 0 radical (unpaired) electrons. The van der Waals surface area contributed by atoms with Crippen molar-refractivity contribution >= 4 is 39.3 Å². The molecule has 40 heavy (non-hydrogen) atoms. The zero-order valence-electron chi connectivity index (χ0n) is 24.1. The number of fused-ring (bicyclic) bond motifs is 2. The molecule has 218 valence electrons. The van der Waals surface area contributed by atoms with Crippen LogP contribution >= 0.6 is 27.5 Å². The number of halogens is 2. The molecule has 2 saturated heterocycles. The van der Waals surface area contributed by atoms with Crippen LogP contribution in [0.2, 0.25) is 5.02 Å². The summed E-state index contributed by atoms with van der Waals surface area (Å²) in [5, 5.41) is 0.794. The first-order valence-electron chi connectivity index (χ1n) is 15.2. The lowest BCUT2D eigenvalue weighted by Crippen LogP contribution is -2.53. The number of piperazine rings is 1. The summed E-state index contributed by atoms with van der Waals surface area (Å²) in [6.07, 6.45) is 10.1. The summed E-state index contributed by atoms with van der Waals surface area (Å²) in [6.45, 7) is 12.0. The third-order valence-corrected chi connectivity index (χ3v) is 11.0. The van der Waals surface area contributed by atoms with E-state index in [1.54, 1.807) is 18.7 Å². The number of benzene rings is 1. The molecule has 5 fully saturated rings. The van der Waals surface area contributed by atoms with Gasteiger partial charge >= 0.3 is 0 Å². The van der Waals surface area contributed by atoms with Crippen LogP contribution < -0.4 is 10.6 Å². The van der Waals surface area contributed by atoms with Crippen LogP contribution in [0.15, 0.2) is 41.0 Å². The molecule has 5 aliphatic rings. The van der Waals surface area contributed by atoms with Crippen molar-refractivity contribution in [2.24, 2.45) is 29.4 Å². The quantitative estimate of drug-likeness (QED) is 0.397. The Hall–Kier alpha value is -1.67. The first-order valence-corrected chi connectivity index (χ1v) is 16.4. The van der Waals surface area contributed by atoms with Crippen LogP contribution in [0.4, 0.5) is 5.82 Å². The van der Waals surface area contributed by atoms with Crippen LogP contribution in [0.25, 0.3) is 0 Å². The third kappa shape index (κ3) is 7.03. The Kier molecular flexibility index (Phi) is 10.1. The van der Waals surface area contributed by atoms with Crippen LogP contribution in [0, 0.1) is 23.7 Å². The lowest BCUT2D eigenvalue weighted by atomic mass is 9.53. The molecule has 3 aliphatic carbocycles. The summed E-state index contributed by atoms with van der Waals surface area (Å²) in [7, 11) is 0. The van der Waals surface area contributed by atoms with Crippen LogP contribution in [-0.2, 0) is 6.54 Å². The van der Waals surface area contributed by atoms with Crippen molar-refractivity contribution < 1.29 is 4.79 Å². The van der Waals surface area contributed by atoms with E-state index in [4.69, 9.17) is 17.3 Å². The zero-order valence-corrected chi connectivity index (χ0v) is 26.4. The second-order valence-corrected chi connectivity index (χ2v) is 13.6. The molecular weight excluding hydrogens is 586 g/mol. The number of nitrogens with zero attached hydrogens (tertiary/aromatic N) is 4. The minimum Gasteiger partial charge on any atom is -0.366 e. The summed E-state index contributed by atoms with van der Waals surface area (Å²) >= 11 is 9.53. The van der Waals surface area contributed by atoms with E-state index in [1.807, 2.05) is 12.1 Å². The standard InChI is InChI=1S/C22H27BrClN5O.C10H18/c23-20-13-17(21(25)30)14-26-22(20)29-11-9-28(10-12-29)19-5-7-27(8-6-19)15-16-1-3-18(24)4-2-16;1-3-8-4-5-9-6-10(8)7(9)2/h1-4,13-14,19H,5-12,15H2,(H2,25,30);7-10H,3-6H2,1-2H3. The molecule has 1 aromatic carbocycles. The van der Waals surface area contributed by atoms with Gasteiger partial charge in [-0.15, -0.1) is 0 Å². The maximum absolute atomic E-state index is 11.3. The van der Waals surface area contributed by atoms with Gasteiger partial charge in [-0.25, -0.2) is 4.98 Å². The second-order valence-electron chi connectivity index (χ2n) is 12.3. The van der Waals surface area contributed by atoms with Gasteiger partial charge in [-0.05, 0) is 109 Å². The molecule has 6 nitrogen and oxygen atoms in total. The molecule has 3 saturated carbocycles. The van der Waals surface area contributed by atoms with E-state index < -0.39 is 5.91 Å². The lowest BCUT2D eigenvalue weighted by molar-refractivity contribution is -0.0247. The fourth-order valence-corrected chi connectivity index (χ4v) is 8.20. The summed E-state index contributed by atoms with van der Waals surface area (Å²) in [5.41, 5.74) is 7.09. The number of piperidine rings is 1. The maximum atomic E-state index is 11.3. The maximum Gasteiger partial charge on any atom is 0.250 e. The third-order valence-electron chi connectivity index (χ3n) is 10.1. The monoisotopic (exact) mass is 629 g/mol. The predicted octanol–water partition coefficient (Wildman–Crippen LogP) is 6.46. The van der Waals surface area contributed by atoms with E-state index in [0.29, 0.717) is 11.6 Å². The van der Waals surface area contributed by atoms with Gasteiger partial charge in [-0.2, -0.15) is 0 Å². The number of amides is 1. The highest BCUT2D eigenvalue weighted by Gasteiger charge is 2.45. The Morgan fingerprint density at radius 1 is 1.05 bits per heavy atom. The van der Waals surface area contributed by atoms with E-state index in [1.165, 1.54) is 37.7 Å². The fourth-order valence-electron chi connectivity index (χ4n) is 7.47. The molecule has 2 aromatic rings. The zero-order chi connectivity index (χ0) is 28.2. The Labute approximate surface area is 253 Å². The largest absolute Gasteiger partial charge is 0.366 e. The Morgan fingerprint density at radius 3 is 2.30 bits per heavy atom. The molecule has 8 heteroatoms. The molecular formula is C32H45BrClN5O. The van der Waals surface area contributed by atoms with Gasteiger partial charge in [0.25, 0.3) is 0 Å². The summed E-state index contributed by atoms with van der Waals surface area (Å²) < 4.78 is 0.822. The molecule has 2 bridgehead atoms.